The molecule has 1 aliphatic heterocycles. The van der Waals surface area contributed by atoms with Crippen LogP contribution in [0.2, 0.25) is 6.32 Å². The van der Waals surface area contributed by atoms with Gasteiger partial charge in [-0.05, 0) is 6.32 Å². The molecule has 0 spiro atoms. The van der Waals surface area contributed by atoms with Crippen LogP contribution in [0.3, 0.4) is 0 Å². The van der Waals surface area contributed by atoms with Gasteiger partial charge in [0.1, 0.15) is 0 Å². The molecular formula is C9H11BN2O5. The average molecular weight is 238 g/mol. The van der Waals surface area contributed by atoms with Crippen LogP contribution in [-0.4, -0.2) is 43.1 Å². The normalized spacial score (nSPS) is 14.9. The molecule has 0 bridgehead atoms. The molecule has 1 aliphatic rings. The van der Waals surface area contributed by atoms with Gasteiger partial charge in [-0.1, -0.05) is 0 Å². The summed E-state index contributed by atoms with van der Waals surface area (Å²) in [5, 5.41) is 2.82. The predicted molar refractivity (Wildman–Crippen MR) is 55.4 cm³/mol. The van der Waals surface area contributed by atoms with Crippen LogP contribution in [-0.2, 0) is 24.0 Å². The van der Waals surface area contributed by atoms with Crippen molar-refractivity contribution in [1.29, 1.82) is 0 Å². The van der Waals surface area contributed by atoms with E-state index in [2.05, 4.69) is 10.2 Å². The maximum absolute atomic E-state index is 11.2. The zero-order valence-corrected chi connectivity index (χ0v) is 9.10. The van der Waals surface area contributed by atoms with E-state index in [9.17, 15) is 19.2 Å². The highest BCUT2D eigenvalue weighted by atomic mass is 16.7. The number of nitrogens with one attached hydrogen (secondary N) is 1. The van der Waals surface area contributed by atoms with Crippen LogP contribution >= 0.6 is 0 Å². The van der Waals surface area contributed by atoms with Crippen LogP contribution in [0.4, 0.5) is 0 Å². The molecule has 0 aliphatic carbocycles. The Labute approximate surface area is 98.8 Å². The first-order chi connectivity index (χ1) is 8.04. The van der Waals surface area contributed by atoms with Gasteiger partial charge in [-0.15, -0.1) is 5.06 Å². The number of carbonyl (C=O) groups is 4. The van der Waals surface area contributed by atoms with E-state index < -0.39 is 23.7 Å². The van der Waals surface area contributed by atoms with Gasteiger partial charge in [-0.25, -0.2) is 4.79 Å². The third-order valence-corrected chi connectivity index (χ3v) is 2.04. The first kappa shape index (κ1) is 13.2. The van der Waals surface area contributed by atoms with Crippen molar-refractivity contribution in [3.8, 4) is 0 Å². The highest BCUT2D eigenvalue weighted by Gasteiger charge is 2.32. The van der Waals surface area contributed by atoms with Crippen molar-refractivity contribution in [2.75, 3.05) is 6.54 Å². The van der Waals surface area contributed by atoms with E-state index in [-0.39, 0.29) is 32.1 Å². The minimum Gasteiger partial charge on any atom is -0.356 e. The Kier molecular flexibility index (Phi) is 4.68. The molecule has 8 heteroatoms. The molecule has 0 aromatic heterocycles. The first-order valence-corrected chi connectivity index (χ1v) is 5.08. The summed E-state index contributed by atoms with van der Waals surface area (Å²) in [5.41, 5.74) is 0. The topological polar surface area (TPSA) is 92.8 Å². The number of hydroxylamine groups is 2. The van der Waals surface area contributed by atoms with Gasteiger partial charge in [0.25, 0.3) is 11.8 Å². The molecule has 1 fully saturated rings. The number of nitrogens with zero attached hydrogens (tertiary/aromatic N) is 1. The van der Waals surface area contributed by atoms with Gasteiger partial charge in [0.15, 0.2) is 0 Å². The average Bonchev–Trinajstić information content (AvgIpc) is 2.60. The van der Waals surface area contributed by atoms with Gasteiger partial charge in [-0.3, -0.25) is 14.4 Å². The van der Waals surface area contributed by atoms with E-state index in [1.54, 1.807) is 0 Å². The minimum absolute atomic E-state index is 0.0467. The number of imide groups is 1. The fourth-order valence-corrected chi connectivity index (χ4v) is 1.18. The van der Waals surface area contributed by atoms with E-state index in [1.807, 2.05) is 0 Å². The Balaban J connectivity index is 2.27. The molecule has 3 amide bonds. The fraction of sp³-hybridized carbons (Fsp3) is 0.556. The van der Waals surface area contributed by atoms with E-state index in [4.69, 9.17) is 7.85 Å². The standard InChI is InChI=1S/C9H11BN2O5/c10-5-6(13)11-4-3-9(16)17-12-7(14)1-2-8(12)15/h1-5H2,(H,11,13). The van der Waals surface area contributed by atoms with Crippen LogP contribution in [0.15, 0.2) is 0 Å². The molecule has 7 nitrogen and oxygen atoms in total. The number of amides is 3. The van der Waals surface area contributed by atoms with Gasteiger partial charge in [0.05, 0.1) is 14.3 Å². The van der Waals surface area contributed by atoms with Crippen molar-refractivity contribution in [3.63, 3.8) is 0 Å². The maximum atomic E-state index is 11.2. The Hall–Kier alpha value is -1.86. The van der Waals surface area contributed by atoms with E-state index in [1.165, 1.54) is 0 Å². The molecule has 0 atom stereocenters. The molecule has 0 aromatic rings. The van der Waals surface area contributed by atoms with Gasteiger partial charge in [-0.2, -0.15) is 0 Å². The van der Waals surface area contributed by atoms with Gasteiger partial charge in [0.2, 0.25) is 5.91 Å². The number of hydrogen-bond acceptors (Lipinski definition) is 5. The lowest BCUT2D eigenvalue weighted by Gasteiger charge is -2.12. The Morgan fingerprint density at radius 1 is 1.29 bits per heavy atom. The number of carbonyl (C=O) groups excluding carboxylic acids is 4. The summed E-state index contributed by atoms with van der Waals surface area (Å²) in [4.78, 5) is 48.7. The largest absolute Gasteiger partial charge is 0.356 e. The van der Waals surface area contributed by atoms with Crippen molar-refractivity contribution in [3.05, 3.63) is 0 Å². The fourth-order valence-electron chi connectivity index (χ4n) is 1.18. The molecule has 17 heavy (non-hydrogen) atoms. The Bertz CT molecular complexity index is 341. The molecule has 0 aromatic carbocycles. The zero-order valence-electron chi connectivity index (χ0n) is 9.10. The van der Waals surface area contributed by atoms with Crippen LogP contribution in [0.1, 0.15) is 19.3 Å². The van der Waals surface area contributed by atoms with E-state index >= 15 is 0 Å². The number of hydrogen-bond donors (Lipinski definition) is 1. The number of rotatable bonds is 5. The van der Waals surface area contributed by atoms with Crippen molar-refractivity contribution in [2.45, 2.75) is 25.6 Å². The van der Waals surface area contributed by atoms with Crippen LogP contribution < -0.4 is 5.32 Å². The zero-order chi connectivity index (χ0) is 12.8. The lowest BCUT2D eigenvalue weighted by atomic mass is 10.1. The van der Waals surface area contributed by atoms with Crippen LogP contribution in [0.5, 0.6) is 0 Å². The molecule has 1 rings (SSSR count). The molecule has 1 N–H and O–H groups in total. The molecule has 0 unspecified atom stereocenters. The molecule has 1 saturated heterocycles. The van der Waals surface area contributed by atoms with Crippen molar-refractivity contribution in [2.24, 2.45) is 0 Å². The second kappa shape index (κ2) is 6.02. The summed E-state index contributed by atoms with van der Waals surface area (Å²) in [6.07, 6.45) is -0.201. The molecular weight excluding hydrogens is 227 g/mol. The highest BCUT2D eigenvalue weighted by Crippen LogP contribution is 2.12. The van der Waals surface area contributed by atoms with Crippen molar-refractivity contribution < 1.29 is 24.0 Å². The minimum atomic E-state index is -0.758. The maximum Gasteiger partial charge on any atom is 0.334 e. The second-order valence-electron chi connectivity index (χ2n) is 3.35. The van der Waals surface area contributed by atoms with Crippen LogP contribution in [0, 0.1) is 0 Å². The van der Waals surface area contributed by atoms with Crippen molar-refractivity contribution in [1.82, 2.24) is 10.4 Å². The summed E-state index contributed by atoms with van der Waals surface area (Å²) in [5.74, 6) is -2.22. The van der Waals surface area contributed by atoms with Crippen molar-refractivity contribution >= 4 is 31.5 Å². The van der Waals surface area contributed by atoms with E-state index in [0.717, 1.165) is 0 Å². The smallest absolute Gasteiger partial charge is 0.334 e. The Morgan fingerprint density at radius 2 is 1.88 bits per heavy atom. The summed E-state index contributed by atoms with van der Waals surface area (Å²) >= 11 is 0. The summed E-state index contributed by atoms with van der Waals surface area (Å²) in [6, 6.07) is 0. The summed E-state index contributed by atoms with van der Waals surface area (Å²) in [7, 11) is 5.03. The summed E-state index contributed by atoms with van der Waals surface area (Å²) < 4.78 is 0. The SMILES string of the molecule is [B]CC(=O)NCCC(=O)ON1C(=O)CCC1=O. The highest BCUT2D eigenvalue weighted by molar-refractivity contribution is 6.19. The lowest BCUT2D eigenvalue weighted by Crippen LogP contribution is -2.33. The quantitative estimate of drug-likeness (QED) is 0.474. The lowest BCUT2D eigenvalue weighted by molar-refractivity contribution is -0.197. The van der Waals surface area contributed by atoms with Gasteiger partial charge >= 0.3 is 5.97 Å². The molecule has 1 heterocycles. The predicted octanol–water partition coefficient (Wildman–Crippen LogP) is -1.31. The molecule has 0 saturated carbocycles. The monoisotopic (exact) mass is 238 g/mol. The van der Waals surface area contributed by atoms with Gasteiger partial charge in [0, 0.05) is 19.4 Å². The summed E-state index contributed by atoms with van der Waals surface area (Å²) in [6.45, 7) is 0.0467. The Morgan fingerprint density at radius 3 is 2.41 bits per heavy atom. The molecule has 2 radical (unpaired) electrons. The second-order valence-corrected chi connectivity index (χ2v) is 3.35. The van der Waals surface area contributed by atoms with Crippen LogP contribution in [0.25, 0.3) is 0 Å². The van der Waals surface area contributed by atoms with E-state index in [0.29, 0.717) is 5.06 Å². The third-order valence-electron chi connectivity index (χ3n) is 2.04. The first-order valence-electron chi connectivity index (χ1n) is 5.08. The third kappa shape index (κ3) is 3.89. The molecule has 90 valence electrons. The van der Waals surface area contributed by atoms with Gasteiger partial charge < -0.3 is 10.2 Å².